The predicted octanol–water partition coefficient (Wildman–Crippen LogP) is 4.20. The molecule has 1 unspecified atom stereocenters. The second kappa shape index (κ2) is 6.53. The second-order valence-corrected chi connectivity index (χ2v) is 5.57. The Morgan fingerprint density at radius 3 is 2.50 bits per heavy atom. The lowest BCUT2D eigenvalue weighted by Gasteiger charge is -2.11. The van der Waals surface area contributed by atoms with E-state index in [4.69, 9.17) is 9.47 Å². The van der Waals surface area contributed by atoms with E-state index in [2.05, 4.69) is 18.2 Å². The SMILES string of the molecule is C(=C1/OC(COc2ccccc2)CS1)/c1ccccc1. The van der Waals surface area contributed by atoms with Crippen molar-refractivity contribution in [3.05, 3.63) is 71.3 Å². The Bertz CT molecular complexity index is 566. The van der Waals surface area contributed by atoms with Crippen molar-refractivity contribution in [2.45, 2.75) is 6.10 Å². The molecule has 0 amide bonds. The number of rotatable bonds is 4. The molecular formula is C17H16O2S. The molecule has 1 fully saturated rings. The van der Waals surface area contributed by atoms with Crippen LogP contribution in [-0.4, -0.2) is 18.5 Å². The van der Waals surface area contributed by atoms with E-state index >= 15 is 0 Å². The average Bonchev–Trinajstić information content (AvgIpc) is 2.95. The summed E-state index contributed by atoms with van der Waals surface area (Å²) < 4.78 is 11.6. The number of hydrogen-bond acceptors (Lipinski definition) is 3. The molecule has 102 valence electrons. The van der Waals surface area contributed by atoms with Crippen molar-refractivity contribution in [1.82, 2.24) is 0 Å². The molecule has 3 rings (SSSR count). The minimum Gasteiger partial charge on any atom is -0.490 e. The van der Waals surface area contributed by atoms with Crippen LogP contribution in [0.15, 0.2) is 65.8 Å². The first-order valence-corrected chi connectivity index (χ1v) is 7.63. The molecule has 20 heavy (non-hydrogen) atoms. The van der Waals surface area contributed by atoms with Crippen LogP contribution in [0.3, 0.4) is 0 Å². The van der Waals surface area contributed by atoms with E-state index in [1.54, 1.807) is 11.8 Å². The van der Waals surface area contributed by atoms with Gasteiger partial charge in [-0.25, -0.2) is 0 Å². The molecule has 0 aromatic heterocycles. The van der Waals surface area contributed by atoms with Gasteiger partial charge in [-0.1, -0.05) is 60.3 Å². The molecule has 3 heteroatoms. The van der Waals surface area contributed by atoms with E-state index in [1.165, 1.54) is 5.56 Å². The van der Waals surface area contributed by atoms with Gasteiger partial charge in [0.25, 0.3) is 0 Å². The summed E-state index contributed by atoms with van der Waals surface area (Å²) in [6, 6.07) is 20.1. The van der Waals surface area contributed by atoms with Gasteiger partial charge >= 0.3 is 0 Å². The highest BCUT2D eigenvalue weighted by atomic mass is 32.2. The van der Waals surface area contributed by atoms with E-state index in [-0.39, 0.29) is 6.10 Å². The van der Waals surface area contributed by atoms with E-state index in [0.29, 0.717) is 6.61 Å². The fourth-order valence-electron chi connectivity index (χ4n) is 1.96. The Labute approximate surface area is 123 Å². The molecule has 2 nitrogen and oxygen atoms in total. The Hall–Kier alpha value is -1.87. The monoisotopic (exact) mass is 284 g/mol. The van der Waals surface area contributed by atoms with Gasteiger partial charge < -0.3 is 9.47 Å². The zero-order valence-corrected chi connectivity index (χ0v) is 11.9. The summed E-state index contributed by atoms with van der Waals surface area (Å²) in [7, 11) is 0. The summed E-state index contributed by atoms with van der Waals surface area (Å²) in [5.74, 6) is 1.83. The third-order valence-electron chi connectivity index (χ3n) is 2.96. The molecule has 0 N–H and O–H groups in total. The van der Waals surface area contributed by atoms with Crippen LogP contribution < -0.4 is 4.74 Å². The van der Waals surface area contributed by atoms with Gasteiger partial charge in [-0.05, 0) is 23.8 Å². The number of thioether (sulfide) groups is 1. The van der Waals surface area contributed by atoms with Gasteiger partial charge in [0, 0.05) is 5.75 Å². The average molecular weight is 284 g/mol. The molecule has 2 aromatic rings. The van der Waals surface area contributed by atoms with Crippen molar-refractivity contribution in [1.29, 1.82) is 0 Å². The van der Waals surface area contributed by atoms with Gasteiger partial charge in [0.1, 0.15) is 18.5 Å². The molecule has 0 saturated carbocycles. The van der Waals surface area contributed by atoms with Crippen molar-refractivity contribution in [2.75, 3.05) is 12.4 Å². The first-order valence-electron chi connectivity index (χ1n) is 6.64. The van der Waals surface area contributed by atoms with Gasteiger partial charge in [-0.15, -0.1) is 0 Å². The summed E-state index contributed by atoms with van der Waals surface area (Å²) in [5, 5.41) is 0.970. The quantitative estimate of drug-likeness (QED) is 0.838. The zero-order valence-electron chi connectivity index (χ0n) is 11.1. The number of para-hydroxylation sites is 1. The fraction of sp³-hybridized carbons (Fsp3) is 0.176. The van der Waals surface area contributed by atoms with Crippen LogP contribution in [0.2, 0.25) is 0 Å². The Kier molecular flexibility index (Phi) is 4.28. The lowest BCUT2D eigenvalue weighted by molar-refractivity contribution is 0.111. The van der Waals surface area contributed by atoms with Gasteiger partial charge in [-0.3, -0.25) is 0 Å². The van der Waals surface area contributed by atoms with Crippen molar-refractivity contribution < 1.29 is 9.47 Å². The maximum absolute atomic E-state index is 5.89. The minimum atomic E-state index is 0.121. The molecule has 1 saturated heterocycles. The standard InChI is InChI=1S/C17H16O2S/c1-3-7-14(8-4-1)11-17-19-16(13-20-17)12-18-15-9-5-2-6-10-15/h1-11,16H,12-13H2/b17-11+. The topological polar surface area (TPSA) is 18.5 Å². The lowest BCUT2D eigenvalue weighted by Crippen LogP contribution is -2.18. The second-order valence-electron chi connectivity index (χ2n) is 4.55. The highest BCUT2D eigenvalue weighted by molar-refractivity contribution is 8.03. The Morgan fingerprint density at radius 2 is 1.75 bits per heavy atom. The summed E-state index contributed by atoms with van der Waals surface area (Å²) >= 11 is 1.74. The van der Waals surface area contributed by atoms with Crippen molar-refractivity contribution >= 4 is 17.8 Å². The molecule has 2 aromatic carbocycles. The molecule has 0 bridgehead atoms. The van der Waals surface area contributed by atoms with E-state index in [1.807, 2.05) is 48.5 Å². The Balaban J connectivity index is 1.54. The first-order chi connectivity index (χ1) is 9.90. The molecule has 1 heterocycles. The molecule has 0 radical (unpaired) electrons. The molecule has 1 aliphatic rings. The van der Waals surface area contributed by atoms with Crippen molar-refractivity contribution in [3.8, 4) is 5.75 Å². The summed E-state index contributed by atoms with van der Waals surface area (Å²) in [4.78, 5) is 0. The number of hydrogen-bond donors (Lipinski definition) is 0. The molecule has 1 atom stereocenters. The van der Waals surface area contributed by atoms with Crippen molar-refractivity contribution in [3.63, 3.8) is 0 Å². The maximum Gasteiger partial charge on any atom is 0.154 e. The van der Waals surface area contributed by atoms with Crippen LogP contribution in [0, 0.1) is 0 Å². The van der Waals surface area contributed by atoms with Gasteiger partial charge in [0.2, 0.25) is 0 Å². The van der Waals surface area contributed by atoms with Gasteiger partial charge in [0.05, 0.1) is 0 Å². The van der Waals surface area contributed by atoms with Crippen LogP contribution >= 0.6 is 11.8 Å². The Morgan fingerprint density at radius 1 is 1.05 bits per heavy atom. The predicted molar refractivity (Wildman–Crippen MR) is 83.7 cm³/mol. The smallest absolute Gasteiger partial charge is 0.154 e. The van der Waals surface area contributed by atoms with E-state index < -0.39 is 0 Å². The first kappa shape index (κ1) is 13.1. The van der Waals surface area contributed by atoms with Crippen LogP contribution in [0.5, 0.6) is 5.75 Å². The van der Waals surface area contributed by atoms with Gasteiger partial charge in [0.15, 0.2) is 5.09 Å². The highest BCUT2D eigenvalue weighted by Crippen LogP contribution is 2.31. The van der Waals surface area contributed by atoms with Gasteiger partial charge in [-0.2, -0.15) is 0 Å². The third kappa shape index (κ3) is 3.58. The number of ether oxygens (including phenoxy) is 2. The van der Waals surface area contributed by atoms with Crippen LogP contribution in [-0.2, 0) is 4.74 Å². The lowest BCUT2D eigenvalue weighted by atomic mass is 10.2. The zero-order chi connectivity index (χ0) is 13.6. The normalized spacial score (nSPS) is 19.8. The molecule has 1 aliphatic heterocycles. The molecule has 0 spiro atoms. The largest absolute Gasteiger partial charge is 0.490 e. The van der Waals surface area contributed by atoms with E-state index in [9.17, 15) is 0 Å². The highest BCUT2D eigenvalue weighted by Gasteiger charge is 2.22. The van der Waals surface area contributed by atoms with Crippen molar-refractivity contribution in [2.24, 2.45) is 0 Å². The summed E-state index contributed by atoms with van der Waals surface area (Å²) in [6.45, 7) is 0.586. The maximum atomic E-state index is 5.89. The molecule has 0 aliphatic carbocycles. The van der Waals surface area contributed by atoms with Crippen LogP contribution in [0.4, 0.5) is 0 Å². The third-order valence-corrected chi connectivity index (χ3v) is 3.99. The van der Waals surface area contributed by atoms with Crippen LogP contribution in [0.25, 0.3) is 6.08 Å². The fourth-order valence-corrected chi connectivity index (χ4v) is 2.89. The summed E-state index contributed by atoms with van der Waals surface area (Å²) in [6.07, 6.45) is 2.20. The minimum absolute atomic E-state index is 0.121. The number of benzene rings is 2. The molecular weight excluding hydrogens is 268 g/mol. The van der Waals surface area contributed by atoms with Crippen LogP contribution in [0.1, 0.15) is 5.56 Å². The summed E-state index contributed by atoms with van der Waals surface area (Å²) in [5.41, 5.74) is 1.17. The van der Waals surface area contributed by atoms with E-state index in [0.717, 1.165) is 16.6 Å².